The lowest BCUT2D eigenvalue weighted by Gasteiger charge is -1.95. The molecule has 0 radical (unpaired) electrons. The highest BCUT2D eigenvalue weighted by Gasteiger charge is 2.17. The number of nitrogens with zero attached hydrogens (tertiary/aromatic N) is 1. The van der Waals surface area contributed by atoms with Crippen molar-refractivity contribution in [1.29, 1.82) is 0 Å². The van der Waals surface area contributed by atoms with Gasteiger partial charge in [0.15, 0.2) is 0 Å². The zero-order chi connectivity index (χ0) is 9.30. The van der Waals surface area contributed by atoms with E-state index in [-0.39, 0.29) is 0 Å². The molecule has 64 valence electrons. The second-order valence-electron chi connectivity index (χ2n) is 1.97. The van der Waals surface area contributed by atoms with Crippen LogP contribution in [0.2, 0.25) is 5.02 Å². The summed E-state index contributed by atoms with van der Waals surface area (Å²) in [6, 6.07) is 1.01. The van der Waals surface area contributed by atoms with Gasteiger partial charge in [-0.05, 0) is 0 Å². The Kier molecular flexibility index (Phi) is 2.23. The predicted molar refractivity (Wildman–Crippen MR) is 38.0 cm³/mol. The maximum atomic E-state index is 12.6. The van der Waals surface area contributed by atoms with Gasteiger partial charge in [-0.2, -0.15) is 4.39 Å². The fourth-order valence-corrected chi connectivity index (χ4v) is 0.802. The summed E-state index contributed by atoms with van der Waals surface area (Å²) < 4.78 is 25.1. The largest absolute Gasteiger partial charge is 0.307 e. The van der Waals surface area contributed by atoms with E-state index < -0.39 is 27.3 Å². The molecule has 1 rings (SSSR count). The highest BCUT2D eigenvalue weighted by atomic mass is 35.5. The number of hydrogen-bond acceptors (Lipinski definition) is 2. The lowest BCUT2D eigenvalue weighted by atomic mass is 10.3. The van der Waals surface area contributed by atoms with Gasteiger partial charge in [0.1, 0.15) is 5.82 Å². The van der Waals surface area contributed by atoms with Crippen molar-refractivity contribution in [3.05, 3.63) is 38.9 Å². The summed E-state index contributed by atoms with van der Waals surface area (Å²) in [4.78, 5) is 9.02. The number of halogens is 3. The summed E-state index contributed by atoms with van der Waals surface area (Å²) in [5.41, 5.74) is -0.920. The van der Waals surface area contributed by atoms with Crippen molar-refractivity contribution in [1.82, 2.24) is 0 Å². The van der Waals surface area contributed by atoms with E-state index in [0.717, 1.165) is 0 Å². The molecule has 1 aromatic rings. The molecule has 0 aliphatic carbocycles. The van der Waals surface area contributed by atoms with Crippen LogP contribution in [-0.2, 0) is 0 Å². The molecule has 0 aliphatic heterocycles. The first-order valence-corrected chi connectivity index (χ1v) is 3.19. The third-order valence-electron chi connectivity index (χ3n) is 1.19. The maximum Gasteiger partial charge on any atom is 0.307 e. The van der Waals surface area contributed by atoms with E-state index in [2.05, 4.69) is 0 Å². The second-order valence-corrected chi connectivity index (χ2v) is 2.38. The molecule has 0 atom stereocenters. The molecule has 0 unspecified atom stereocenters. The van der Waals surface area contributed by atoms with Crippen LogP contribution in [-0.4, -0.2) is 4.92 Å². The van der Waals surface area contributed by atoms with Crippen molar-refractivity contribution in [2.24, 2.45) is 0 Å². The molecule has 0 saturated carbocycles. The zero-order valence-electron chi connectivity index (χ0n) is 5.55. The molecular weight excluding hydrogens is 192 g/mol. The van der Waals surface area contributed by atoms with Gasteiger partial charge in [-0.1, -0.05) is 11.6 Å². The molecule has 0 heterocycles. The fraction of sp³-hybridized carbons (Fsp3) is 0. The molecular formula is C6H2ClF2NO2. The Balaban J connectivity index is 3.33. The zero-order valence-corrected chi connectivity index (χ0v) is 6.31. The summed E-state index contributed by atoms with van der Waals surface area (Å²) in [6.45, 7) is 0. The predicted octanol–water partition coefficient (Wildman–Crippen LogP) is 2.53. The van der Waals surface area contributed by atoms with Crippen LogP contribution in [0.4, 0.5) is 14.5 Å². The Morgan fingerprint density at radius 2 is 1.92 bits per heavy atom. The van der Waals surface area contributed by atoms with Crippen molar-refractivity contribution in [3.63, 3.8) is 0 Å². The topological polar surface area (TPSA) is 43.1 Å². The first-order chi connectivity index (χ1) is 5.52. The van der Waals surface area contributed by atoms with Gasteiger partial charge in [-0.25, -0.2) is 4.39 Å². The summed E-state index contributed by atoms with van der Waals surface area (Å²) in [7, 11) is 0. The number of nitro groups is 1. The van der Waals surface area contributed by atoms with Crippen molar-refractivity contribution in [3.8, 4) is 0 Å². The van der Waals surface area contributed by atoms with Crippen LogP contribution in [0.3, 0.4) is 0 Å². The third-order valence-corrected chi connectivity index (χ3v) is 1.48. The van der Waals surface area contributed by atoms with Gasteiger partial charge in [0, 0.05) is 6.07 Å². The first-order valence-electron chi connectivity index (χ1n) is 2.81. The molecule has 0 fully saturated rings. The molecule has 0 bridgehead atoms. The van der Waals surface area contributed by atoms with Gasteiger partial charge in [0.25, 0.3) is 0 Å². The molecule has 0 aliphatic rings. The van der Waals surface area contributed by atoms with E-state index in [1.807, 2.05) is 0 Å². The smallest absolute Gasteiger partial charge is 0.258 e. The van der Waals surface area contributed by atoms with Crippen molar-refractivity contribution in [2.45, 2.75) is 0 Å². The van der Waals surface area contributed by atoms with E-state index >= 15 is 0 Å². The molecule has 0 amide bonds. The lowest BCUT2D eigenvalue weighted by molar-refractivity contribution is -0.387. The van der Waals surface area contributed by atoms with Gasteiger partial charge in [0.2, 0.25) is 5.82 Å². The van der Waals surface area contributed by atoms with Crippen LogP contribution in [0.15, 0.2) is 12.1 Å². The van der Waals surface area contributed by atoms with Crippen molar-refractivity contribution < 1.29 is 13.7 Å². The normalized spacial score (nSPS) is 9.92. The highest BCUT2D eigenvalue weighted by molar-refractivity contribution is 6.30. The quantitative estimate of drug-likeness (QED) is 0.391. The Hall–Kier alpha value is -1.23. The van der Waals surface area contributed by atoms with Crippen molar-refractivity contribution >= 4 is 17.3 Å². The SMILES string of the molecule is O=[N+]([O-])c1cc(F)c(Cl)cc1F. The second kappa shape index (κ2) is 3.02. The Morgan fingerprint density at radius 3 is 2.42 bits per heavy atom. The molecule has 12 heavy (non-hydrogen) atoms. The Labute approximate surface area is 70.7 Å². The highest BCUT2D eigenvalue weighted by Crippen LogP contribution is 2.23. The fourth-order valence-electron chi connectivity index (χ4n) is 0.652. The monoisotopic (exact) mass is 193 g/mol. The number of rotatable bonds is 1. The molecule has 0 N–H and O–H groups in total. The average Bonchev–Trinajstić information content (AvgIpc) is 1.96. The van der Waals surface area contributed by atoms with E-state index in [1.165, 1.54) is 0 Å². The van der Waals surface area contributed by atoms with Crippen LogP contribution in [0.1, 0.15) is 0 Å². The minimum Gasteiger partial charge on any atom is -0.258 e. The molecule has 3 nitrogen and oxygen atoms in total. The number of hydrogen-bond donors (Lipinski definition) is 0. The Bertz CT molecular complexity index is 343. The molecule has 0 saturated heterocycles. The lowest BCUT2D eigenvalue weighted by Crippen LogP contribution is -1.93. The minimum atomic E-state index is -1.15. The molecule has 0 aromatic heterocycles. The Morgan fingerprint density at radius 1 is 1.33 bits per heavy atom. The van der Waals surface area contributed by atoms with Gasteiger partial charge in [-0.15, -0.1) is 0 Å². The average molecular weight is 194 g/mol. The number of benzene rings is 1. The van der Waals surface area contributed by atoms with Crippen LogP contribution in [0, 0.1) is 21.7 Å². The van der Waals surface area contributed by atoms with Crippen LogP contribution >= 0.6 is 11.6 Å². The van der Waals surface area contributed by atoms with Gasteiger partial charge < -0.3 is 0 Å². The maximum absolute atomic E-state index is 12.6. The standard InChI is InChI=1S/C6H2ClF2NO2/c7-3-1-5(9)6(10(11)12)2-4(3)8/h1-2H. The minimum absolute atomic E-state index is 0.442. The number of nitro benzene ring substituents is 1. The molecule has 0 spiro atoms. The van der Waals surface area contributed by atoms with Crippen LogP contribution in [0.25, 0.3) is 0 Å². The third kappa shape index (κ3) is 1.50. The van der Waals surface area contributed by atoms with E-state index in [4.69, 9.17) is 11.6 Å². The molecule has 6 heteroatoms. The summed E-state index contributed by atoms with van der Waals surface area (Å²) in [5.74, 6) is -2.16. The van der Waals surface area contributed by atoms with E-state index in [9.17, 15) is 18.9 Å². The first kappa shape index (κ1) is 8.86. The van der Waals surface area contributed by atoms with Gasteiger partial charge in [0.05, 0.1) is 16.0 Å². The molecule has 1 aromatic carbocycles. The van der Waals surface area contributed by atoms with E-state index in [1.54, 1.807) is 0 Å². The van der Waals surface area contributed by atoms with Crippen LogP contribution in [0.5, 0.6) is 0 Å². The van der Waals surface area contributed by atoms with E-state index in [0.29, 0.717) is 12.1 Å². The summed E-state index contributed by atoms with van der Waals surface area (Å²) in [5, 5.41) is 9.57. The summed E-state index contributed by atoms with van der Waals surface area (Å²) in [6.07, 6.45) is 0. The van der Waals surface area contributed by atoms with Gasteiger partial charge in [-0.3, -0.25) is 10.1 Å². The summed E-state index contributed by atoms with van der Waals surface area (Å²) >= 11 is 5.15. The van der Waals surface area contributed by atoms with Gasteiger partial charge >= 0.3 is 5.69 Å². The van der Waals surface area contributed by atoms with Crippen molar-refractivity contribution in [2.75, 3.05) is 0 Å². The van der Waals surface area contributed by atoms with Crippen LogP contribution < -0.4 is 0 Å².